The highest BCUT2D eigenvalue weighted by atomic mass is 35.5. The Morgan fingerprint density at radius 1 is 1.15 bits per heavy atom. The van der Waals surface area contributed by atoms with Gasteiger partial charge in [0, 0.05) is 23.6 Å². The van der Waals surface area contributed by atoms with E-state index in [4.69, 9.17) is 16.3 Å². The van der Waals surface area contributed by atoms with Crippen LogP contribution in [0.1, 0.15) is 24.0 Å². The standard InChI is InChI=1S/C19H20ClN3O3/c1-13-16(20)7-4-8-17(13)22-18(24)9-10-19(25)23-21-12-14-5-3-6-15(11-14)26-2/h3-8,11-12H,9-10H2,1-2H3,(H,22,24)(H,23,25)/b21-12+. The highest BCUT2D eigenvalue weighted by Gasteiger charge is 2.09. The maximum absolute atomic E-state index is 12.0. The van der Waals surface area contributed by atoms with Gasteiger partial charge in [0.05, 0.1) is 13.3 Å². The largest absolute Gasteiger partial charge is 0.497 e. The van der Waals surface area contributed by atoms with E-state index >= 15 is 0 Å². The van der Waals surface area contributed by atoms with Crippen molar-refractivity contribution in [3.05, 3.63) is 58.6 Å². The van der Waals surface area contributed by atoms with E-state index < -0.39 is 0 Å². The number of carbonyl (C=O) groups excluding carboxylic acids is 2. The molecule has 7 heteroatoms. The molecule has 0 saturated heterocycles. The van der Waals surface area contributed by atoms with Gasteiger partial charge >= 0.3 is 0 Å². The zero-order valence-corrected chi connectivity index (χ0v) is 15.3. The van der Waals surface area contributed by atoms with Crippen LogP contribution in [-0.4, -0.2) is 25.1 Å². The minimum Gasteiger partial charge on any atom is -0.497 e. The first-order chi connectivity index (χ1) is 12.5. The van der Waals surface area contributed by atoms with Crippen LogP contribution in [0.5, 0.6) is 5.75 Å². The second kappa shape index (κ2) is 9.58. The molecule has 0 aromatic heterocycles. The van der Waals surface area contributed by atoms with E-state index in [-0.39, 0.29) is 24.7 Å². The van der Waals surface area contributed by atoms with Crippen LogP contribution in [0, 0.1) is 6.92 Å². The Morgan fingerprint density at radius 3 is 2.65 bits per heavy atom. The molecule has 136 valence electrons. The van der Waals surface area contributed by atoms with Gasteiger partial charge in [0.15, 0.2) is 0 Å². The van der Waals surface area contributed by atoms with Gasteiger partial charge in [0.1, 0.15) is 5.75 Å². The number of nitrogens with one attached hydrogen (secondary N) is 2. The molecule has 0 unspecified atom stereocenters. The summed E-state index contributed by atoms with van der Waals surface area (Å²) in [4.78, 5) is 23.7. The lowest BCUT2D eigenvalue weighted by atomic mass is 10.2. The van der Waals surface area contributed by atoms with Crippen molar-refractivity contribution in [1.29, 1.82) is 0 Å². The Labute approximate surface area is 157 Å². The summed E-state index contributed by atoms with van der Waals surface area (Å²) in [5, 5.41) is 7.20. The third kappa shape index (κ3) is 5.89. The van der Waals surface area contributed by atoms with Crippen molar-refractivity contribution in [2.24, 2.45) is 5.10 Å². The van der Waals surface area contributed by atoms with Gasteiger partial charge in [-0.3, -0.25) is 9.59 Å². The normalized spacial score (nSPS) is 10.6. The second-order valence-corrected chi connectivity index (χ2v) is 5.94. The molecule has 0 bridgehead atoms. The lowest BCUT2D eigenvalue weighted by molar-refractivity contribution is -0.124. The molecule has 0 aliphatic heterocycles. The average Bonchev–Trinajstić information content (AvgIpc) is 2.64. The fourth-order valence-electron chi connectivity index (χ4n) is 2.14. The van der Waals surface area contributed by atoms with Gasteiger partial charge in [-0.05, 0) is 42.3 Å². The van der Waals surface area contributed by atoms with Crippen molar-refractivity contribution in [1.82, 2.24) is 5.43 Å². The monoisotopic (exact) mass is 373 g/mol. The molecule has 0 radical (unpaired) electrons. The van der Waals surface area contributed by atoms with Crippen molar-refractivity contribution in [2.45, 2.75) is 19.8 Å². The predicted octanol–water partition coefficient (Wildman–Crippen LogP) is 3.53. The van der Waals surface area contributed by atoms with E-state index in [0.717, 1.165) is 11.1 Å². The van der Waals surface area contributed by atoms with Crippen molar-refractivity contribution < 1.29 is 14.3 Å². The van der Waals surface area contributed by atoms with E-state index in [1.54, 1.807) is 31.4 Å². The van der Waals surface area contributed by atoms with Crippen LogP contribution in [0.25, 0.3) is 0 Å². The molecule has 0 aliphatic carbocycles. The number of ether oxygens (including phenoxy) is 1. The number of amides is 2. The zero-order valence-electron chi connectivity index (χ0n) is 14.6. The molecule has 2 aromatic rings. The Bertz CT molecular complexity index is 821. The predicted molar refractivity (Wildman–Crippen MR) is 103 cm³/mol. The molecule has 0 aliphatic rings. The van der Waals surface area contributed by atoms with E-state index in [9.17, 15) is 9.59 Å². The number of hydrogen-bond donors (Lipinski definition) is 2. The summed E-state index contributed by atoms with van der Waals surface area (Å²) >= 11 is 6.01. The molecular formula is C19H20ClN3O3. The first-order valence-electron chi connectivity index (χ1n) is 8.00. The minimum atomic E-state index is -0.345. The second-order valence-electron chi connectivity index (χ2n) is 5.53. The quantitative estimate of drug-likeness (QED) is 0.575. The molecule has 2 rings (SSSR count). The summed E-state index contributed by atoms with van der Waals surface area (Å²) in [6.07, 6.45) is 1.59. The van der Waals surface area contributed by atoms with Gasteiger partial charge in [-0.1, -0.05) is 29.8 Å². The summed E-state index contributed by atoms with van der Waals surface area (Å²) in [5.74, 6) is 0.0951. The third-order valence-corrected chi connectivity index (χ3v) is 4.03. The number of carbonyl (C=O) groups is 2. The molecule has 0 saturated carbocycles. The molecular weight excluding hydrogens is 354 g/mol. The van der Waals surface area contributed by atoms with Crippen LogP contribution in [0.3, 0.4) is 0 Å². The number of benzene rings is 2. The maximum Gasteiger partial charge on any atom is 0.240 e. The third-order valence-electron chi connectivity index (χ3n) is 3.62. The number of anilines is 1. The smallest absolute Gasteiger partial charge is 0.240 e. The SMILES string of the molecule is COc1cccc(/C=N/NC(=O)CCC(=O)Nc2cccc(Cl)c2C)c1. The fraction of sp³-hybridized carbons (Fsp3) is 0.211. The summed E-state index contributed by atoms with van der Waals surface area (Å²) in [5.41, 5.74) is 4.61. The molecule has 2 amide bonds. The number of hydrogen-bond acceptors (Lipinski definition) is 4. The van der Waals surface area contributed by atoms with Crippen LogP contribution in [0.4, 0.5) is 5.69 Å². The molecule has 0 atom stereocenters. The molecule has 0 heterocycles. The van der Waals surface area contributed by atoms with Crippen LogP contribution < -0.4 is 15.5 Å². The Kier molecular flexibility index (Phi) is 7.17. The molecule has 2 N–H and O–H groups in total. The van der Waals surface area contributed by atoms with Crippen LogP contribution in [0.15, 0.2) is 47.6 Å². The Morgan fingerprint density at radius 2 is 1.88 bits per heavy atom. The van der Waals surface area contributed by atoms with Crippen molar-refractivity contribution in [3.63, 3.8) is 0 Å². The average molecular weight is 374 g/mol. The Hall–Kier alpha value is -2.86. The summed E-state index contributed by atoms with van der Waals surface area (Å²) in [6, 6.07) is 12.5. The van der Waals surface area contributed by atoms with Gasteiger partial charge in [-0.25, -0.2) is 5.43 Å². The van der Waals surface area contributed by atoms with E-state index in [0.29, 0.717) is 16.5 Å². The number of methoxy groups -OCH3 is 1. The van der Waals surface area contributed by atoms with Crippen molar-refractivity contribution >= 4 is 35.3 Å². The number of rotatable bonds is 7. The first kappa shape index (κ1) is 19.5. The number of halogens is 1. The Balaban J connectivity index is 1.78. The number of hydrazone groups is 1. The summed E-state index contributed by atoms with van der Waals surface area (Å²) in [7, 11) is 1.58. The highest BCUT2D eigenvalue weighted by Crippen LogP contribution is 2.23. The number of nitrogens with zero attached hydrogens (tertiary/aromatic N) is 1. The lowest BCUT2D eigenvalue weighted by Crippen LogP contribution is -2.20. The zero-order chi connectivity index (χ0) is 18.9. The van der Waals surface area contributed by atoms with Crippen LogP contribution in [-0.2, 0) is 9.59 Å². The van der Waals surface area contributed by atoms with E-state index in [1.807, 2.05) is 25.1 Å². The van der Waals surface area contributed by atoms with Gasteiger partial charge in [0.25, 0.3) is 0 Å². The minimum absolute atomic E-state index is 0.0287. The van der Waals surface area contributed by atoms with E-state index in [2.05, 4.69) is 15.8 Å². The van der Waals surface area contributed by atoms with Crippen molar-refractivity contribution in [3.8, 4) is 5.75 Å². The van der Waals surface area contributed by atoms with Gasteiger partial charge < -0.3 is 10.1 Å². The summed E-state index contributed by atoms with van der Waals surface area (Å²) < 4.78 is 5.11. The van der Waals surface area contributed by atoms with E-state index in [1.165, 1.54) is 6.21 Å². The van der Waals surface area contributed by atoms with Gasteiger partial charge in [0.2, 0.25) is 11.8 Å². The summed E-state index contributed by atoms with van der Waals surface area (Å²) in [6.45, 7) is 1.82. The maximum atomic E-state index is 12.0. The van der Waals surface area contributed by atoms with Crippen LogP contribution in [0.2, 0.25) is 5.02 Å². The van der Waals surface area contributed by atoms with Gasteiger partial charge in [-0.15, -0.1) is 0 Å². The molecule has 6 nitrogen and oxygen atoms in total. The molecule has 26 heavy (non-hydrogen) atoms. The topological polar surface area (TPSA) is 79.8 Å². The molecule has 0 fully saturated rings. The molecule has 2 aromatic carbocycles. The lowest BCUT2D eigenvalue weighted by Gasteiger charge is -2.09. The van der Waals surface area contributed by atoms with Gasteiger partial charge in [-0.2, -0.15) is 5.10 Å². The first-order valence-corrected chi connectivity index (χ1v) is 8.38. The molecule has 0 spiro atoms. The van der Waals surface area contributed by atoms with Crippen molar-refractivity contribution in [2.75, 3.05) is 12.4 Å². The van der Waals surface area contributed by atoms with Crippen LogP contribution >= 0.6 is 11.6 Å². The fourth-order valence-corrected chi connectivity index (χ4v) is 2.31. The highest BCUT2D eigenvalue weighted by molar-refractivity contribution is 6.31.